The second kappa shape index (κ2) is 8.80. The summed E-state index contributed by atoms with van der Waals surface area (Å²) in [7, 11) is 0. The Balaban J connectivity index is 1.11. The number of fused-ring (bicyclic) bond motifs is 1. The van der Waals surface area contributed by atoms with E-state index in [2.05, 4.69) is 25.1 Å². The number of hydrogen-bond donors (Lipinski definition) is 0. The fourth-order valence-electron chi connectivity index (χ4n) is 3.38. The first-order valence-electron chi connectivity index (χ1n) is 9.91. The van der Waals surface area contributed by atoms with Gasteiger partial charge in [0.2, 0.25) is 18.0 Å². The molecule has 0 radical (unpaired) electrons. The van der Waals surface area contributed by atoms with E-state index >= 15 is 0 Å². The average Bonchev–Trinajstić information content (AvgIpc) is 3.32. The SMILES string of the molecule is O=C(CSc1nnc([C@H]2COc3ccccc3O2)o1)N1CCN(c2ncccn2)CC1. The fourth-order valence-corrected chi connectivity index (χ4v) is 4.05. The van der Waals surface area contributed by atoms with Crippen molar-refractivity contribution in [3.63, 3.8) is 0 Å². The van der Waals surface area contributed by atoms with Gasteiger partial charge in [0, 0.05) is 38.6 Å². The lowest BCUT2D eigenvalue weighted by atomic mass is 10.2. The first kappa shape index (κ1) is 19.6. The van der Waals surface area contributed by atoms with Gasteiger partial charge in [0.05, 0.1) is 5.75 Å². The lowest BCUT2D eigenvalue weighted by Crippen LogP contribution is -2.49. The Bertz CT molecular complexity index is 1040. The number of ether oxygens (including phenoxy) is 2. The quantitative estimate of drug-likeness (QED) is 0.545. The third-order valence-electron chi connectivity index (χ3n) is 4.99. The number of amides is 1. The van der Waals surface area contributed by atoms with E-state index in [1.54, 1.807) is 18.5 Å². The molecule has 5 rings (SSSR count). The molecule has 2 aliphatic heterocycles. The van der Waals surface area contributed by atoms with Crippen LogP contribution in [0.1, 0.15) is 12.0 Å². The van der Waals surface area contributed by atoms with Crippen molar-refractivity contribution in [2.75, 3.05) is 43.4 Å². The molecule has 1 fully saturated rings. The van der Waals surface area contributed by atoms with Crippen LogP contribution in [0.5, 0.6) is 11.5 Å². The van der Waals surface area contributed by atoms with Gasteiger partial charge in [0.15, 0.2) is 11.5 Å². The lowest BCUT2D eigenvalue weighted by Gasteiger charge is -2.34. The van der Waals surface area contributed by atoms with Crippen LogP contribution in [0.4, 0.5) is 5.95 Å². The van der Waals surface area contributed by atoms with Crippen molar-refractivity contribution in [1.82, 2.24) is 25.1 Å². The highest BCUT2D eigenvalue weighted by Crippen LogP contribution is 2.35. The van der Waals surface area contributed by atoms with E-state index in [1.165, 1.54) is 11.8 Å². The normalized spacial score (nSPS) is 18.1. The number of carbonyl (C=O) groups is 1. The Morgan fingerprint density at radius 1 is 1.03 bits per heavy atom. The van der Waals surface area contributed by atoms with Crippen LogP contribution in [0.3, 0.4) is 0 Å². The average molecular weight is 440 g/mol. The monoisotopic (exact) mass is 440 g/mol. The summed E-state index contributed by atoms with van der Waals surface area (Å²) >= 11 is 1.22. The van der Waals surface area contributed by atoms with Gasteiger partial charge in [-0.25, -0.2) is 9.97 Å². The number of anilines is 1. The number of para-hydroxylation sites is 2. The highest BCUT2D eigenvalue weighted by Gasteiger charge is 2.28. The summed E-state index contributed by atoms with van der Waals surface area (Å²) in [5, 5.41) is 8.43. The Hall–Kier alpha value is -3.34. The highest BCUT2D eigenvalue weighted by molar-refractivity contribution is 7.99. The number of piperazine rings is 1. The van der Waals surface area contributed by atoms with E-state index in [1.807, 2.05) is 29.2 Å². The molecule has 2 aromatic heterocycles. The summed E-state index contributed by atoms with van der Waals surface area (Å²) in [6.45, 7) is 2.94. The minimum absolute atomic E-state index is 0.0320. The molecule has 0 bridgehead atoms. The van der Waals surface area contributed by atoms with Crippen LogP contribution < -0.4 is 14.4 Å². The Labute approximate surface area is 182 Å². The molecule has 2 aliphatic rings. The topological polar surface area (TPSA) is 107 Å². The largest absolute Gasteiger partial charge is 0.485 e. The molecule has 0 spiro atoms. The third kappa shape index (κ3) is 4.41. The first-order valence-corrected chi connectivity index (χ1v) is 10.9. The van der Waals surface area contributed by atoms with Gasteiger partial charge in [0.1, 0.15) is 6.61 Å². The van der Waals surface area contributed by atoms with Crippen molar-refractivity contribution < 1.29 is 18.7 Å². The van der Waals surface area contributed by atoms with Gasteiger partial charge < -0.3 is 23.7 Å². The number of thioether (sulfide) groups is 1. The molecule has 0 N–H and O–H groups in total. The second-order valence-corrected chi connectivity index (χ2v) is 7.90. The van der Waals surface area contributed by atoms with Gasteiger partial charge >= 0.3 is 0 Å². The smallest absolute Gasteiger partial charge is 0.277 e. The van der Waals surface area contributed by atoms with Crippen LogP contribution >= 0.6 is 11.8 Å². The molecule has 3 aromatic rings. The molecule has 1 atom stereocenters. The van der Waals surface area contributed by atoms with Gasteiger partial charge in [-0.1, -0.05) is 23.9 Å². The standard InChI is InChI=1S/C20H20N6O4S/c27-17(25-8-10-26(11-9-25)19-21-6-3-7-22-19)13-31-20-24-23-18(30-20)16-12-28-14-4-1-2-5-15(14)29-16/h1-7,16H,8-13H2/t16-/m1/s1. The van der Waals surface area contributed by atoms with Gasteiger partial charge in [-0.05, 0) is 18.2 Å². The zero-order valence-electron chi connectivity index (χ0n) is 16.6. The maximum Gasteiger partial charge on any atom is 0.277 e. The van der Waals surface area contributed by atoms with Crippen molar-refractivity contribution in [1.29, 1.82) is 0 Å². The molecule has 10 nitrogen and oxygen atoms in total. The summed E-state index contributed by atoms with van der Waals surface area (Å²) in [4.78, 5) is 25.0. The summed E-state index contributed by atoms with van der Waals surface area (Å²) in [5.41, 5.74) is 0. The number of carbonyl (C=O) groups excluding carboxylic acids is 1. The van der Waals surface area contributed by atoms with Crippen LogP contribution in [0.25, 0.3) is 0 Å². The van der Waals surface area contributed by atoms with Crippen LogP contribution in [0.2, 0.25) is 0 Å². The summed E-state index contributed by atoms with van der Waals surface area (Å²) in [5.74, 6) is 2.62. The predicted octanol–water partition coefficient (Wildman–Crippen LogP) is 1.81. The van der Waals surface area contributed by atoms with Gasteiger partial charge in [0.25, 0.3) is 11.1 Å². The van der Waals surface area contributed by atoms with E-state index in [4.69, 9.17) is 13.9 Å². The Kier molecular flexibility index (Phi) is 5.57. The zero-order valence-corrected chi connectivity index (χ0v) is 17.4. The molecule has 160 valence electrons. The maximum atomic E-state index is 12.6. The molecular formula is C20H20N6O4S. The van der Waals surface area contributed by atoms with E-state index < -0.39 is 6.10 Å². The van der Waals surface area contributed by atoms with Crippen LogP contribution in [-0.2, 0) is 4.79 Å². The summed E-state index contributed by atoms with van der Waals surface area (Å²) < 4.78 is 17.3. The summed E-state index contributed by atoms with van der Waals surface area (Å²) in [6, 6.07) is 9.22. The van der Waals surface area contributed by atoms with E-state index in [-0.39, 0.29) is 18.3 Å². The number of aromatic nitrogens is 4. The molecule has 0 unspecified atom stereocenters. The maximum absolute atomic E-state index is 12.6. The van der Waals surface area contributed by atoms with Crippen molar-refractivity contribution in [2.45, 2.75) is 11.3 Å². The molecule has 1 aromatic carbocycles. The van der Waals surface area contributed by atoms with E-state index in [0.717, 1.165) is 0 Å². The number of rotatable bonds is 5. The van der Waals surface area contributed by atoms with E-state index in [0.29, 0.717) is 54.7 Å². The van der Waals surface area contributed by atoms with E-state index in [9.17, 15) is 4.79 Å². The molecule has 31 heavy (non-hydrogen) atoms. The fraction of sp³-hybridized carbons (Fsp3) is 0.350. The minimum Gasteiger partial charge on any atom is -0.485 e. The third-order valence-corrected chi connectivity index (χ3v) is 5.80. The van der Waals surface area contributed by atoms with Crippen LogP contribution in [0.15, 0.2) is 52.4 Å². The van der Waals surface area contributed by atoms with Crippen LogP contribution in [-0.4, -0.2) is 69.5 Å². The molecule has 4 heterocycles. The molecule has 11 heteroatoms. The predicted molar refractivity (Wildman–Crippen MR) is 111 cm³/mol. The van der Waals surface area contributed by atoms with Crippen molar-refractivity contribution >= 4 is 23.6 Å². The number of nitrogens with zero attached hydrogens (tertiary/aromatic N) is 6. The molecule has 0 saturated carbocycles. The molecule has 1 amide bonds. The summed E-state index contributed by atoms with van der Waals surface area (Å²) in [6.07, 6.45) is 2.97. The molecular weight excluding hydrogens is 420 g/mol. The van der Waals surface area contributed by atoms with Gasteiger partial charge in [-0.15, -0.1) is 10.2 Å². The van der Waals surface area contributed by atoms with Crippen molar-refractivity contribution in [2.24, 2.45) is 0 Å². The van der Waals surface area contributed by atoms with Gasteiger partial charge in [-0.3, -0.25) is 4.79 Å². The molecule has 1 saturated heterocycles. The zero-order chi connectivity index (χ0) is 21.0. The first-order chi connectivity index (χ1) is 15.3. The number of benzene rings is 1. The highest BCUT2D eigenvalue weighted by atomic mass is 32.2. The Morgan fingerprint density at radius 3 is 2.61 bits per heavy atom. The molecule has 0 aliphatic carbocycles. The minimum atomic E-state index is -0.472. The second-order valence-electron chi connectivity index (χ2n) is 6.98. The number of hydrogen-bond acceptors (Lipinski definition) is 10. The Morgan fingerprint density at radius 2 is 1.81 bits per heavy atom. The van der Waals surface area contributed by atoms with Gasteiger partial charge in [-0.2, -0.15) is 0 Å². The van der Waals surface area contributed by atoms with Crippen LogP contribution in [0, 0.1) is 0 Å². The lowest BCUT2D eigenvalue weighted by molar-refractivity contribution is -0.128. The van der Waals surface area contributed by atoms with Crippen molar-refractivity contribution in [3.8, 4) is 11.5 Å². The van der Waals surface area contributed by atoms with Crippen molar-refractivity contribution in [3.05, 3.63) is 48.6 Å².